The molecule has 1 aliphatic heterocycles. The maximum Gasteiger partial charge on any atom is 0.339 e. The summed E-state index contributed by atoms with van der Waals surface area (Å²) in [5, 5.41) is 9.69. The highest BCUT2D eigenvalue weighted by Gasteiger charge is 2.29. The minimum absolute atomic E-state index is 0.102. The Bertz CT molecular complexity index is 1100. The largest absolute Gasteiger partial charge is 0.484 e. The quantitative estimate of drug-likeness (QED) is 0.755. The number of furan rings is 1. The molecule has 0 atom stereocenters. The number of carboxylic acids is 1. The van der Waals surface area contributed by atoms with Gasteiger partial charge in [0.2, 0.25) is 0 Å². The lowest BCUT2D eigenvalue weighted by Crippen LogP contribution is -2.14. The second kappa shape index (κ2) is 6.03. The van der Waals surface area contributed by atoms with Crippen LogP contribution in [-0.4, -0.2) is 19.5 Å². The van der Waals surface area contributed by atoms with Gasteiger partial charge in [-0.05, 0) is 23.8 Å². The van der Waals surface area contributed by atoms with E-state index in [1.54, 1.807) is 30.3 Å². The zero-order chi connectivity index (χ0) is 18.3. The van der Waals surface area contributed by atoms with Crippen molar-refractivity contribution in [3.05, 3.63) is 71.7 Å². The van der Waals surface area contributed by atoms with Gasteiger partial charge < -0.3 is 14.3 Å². The second-order valence-corrected chi connectivity index (χ2v) is 7.89. The molecule has 3 aromatic rings. The van der Waals surface area contributed by atoms with Gasteiger partial charge in [-0.15, -0.1) is 0 Å². The van der Waals surface area contributed by atoms with Gasteiger partial charge in [-0.2, -0.15) is 0 Å². The van der Waals surface area contributed by atoms with Crippen molar-refractivity contribution in [2.24, 2.45) is 0 Å². The van der Waals surface area contributed by atoms with E-state index in [9.17, 15) is 18.3 Å². The number of carbonyl (C=O) groups is 1. The topological polar surface area (TPSA) is 93.8 Å². The summed E-state index contributed by atoms with van der Waals surface area (Å²) in [5.74, 6) is -0.870. The van der Waals surface area contributed by atoms with Crippen LogP contribution in [0.2, 0.25) is 0 Å². The summed E-state index contributed by atoms with van der Waals surface area (Å²) < 4.78 is 36.2. The predicted molar refractivity (Wildman–Crippen MR) is 92.8 cm³/mol. The normalized spacial score (nSPS) is 12.8. The van der Waals surface area contributed by atoms with Crippen LogP contribution < -0.4 is 4.74 Å². The Kier molecular flexibility index (Phi) is 3.81. The molecule has 0 bridgehead atoms. The molecule has 0 aliphatic carbocycles. The molecule has 7 heteroatoms. The fourth-order valence-electron chi connectivity index (χ4n) is 3.09. The van der Waals surface area contributed by atoms with Gasteiger partial charge in [0.15, 0.2) is 9.84 Å². The fourth-order valence-corrected chi connectivity index (χ4v) is 4.47. The molecule has 0 fully saturated rings. The number of carboxylic acid groups (broad SMARTS) is 1. The summed E-state index contributed by atoms with van der Waals surface area (Å²) in [6, 6.07) is 12.9. The molecule has 0 amide bonds. The average Bonchev–Trinajstić information content (AvgIpc) is 3.10. The Labute approximate surface area is 149 Å². The van der Waals surface area contributed by atoms with Crippen LogP contribution in [-0.2, 0) is 22.2 Å². The Morgan fingerprint density at radius 2 is 1.81 bits per heavy atom. The number of aromatic carboxylic acids is 1. The highest BCUT2D eigenvalue weighted by atomic mass is 32.2. The van der Waals surface area contributed by atoms with Crippen LogP contribution in [0.5, 0.6) is 5.75 Å². The van der Waals surface area contributed by atoms with Crippen LogP contribution in [0.4, 0.5) is 0 Å². The number of sulfone groups is 1. The highest BCUT2D eigenvalue weighted by Crippen LogP contribution is 2.42. The number of ether oxygens (including phenoxy) is 1. The maximum atomic E-state index is 12.7. The molecular weight excluding hydrogens is 356 g/mol. The molecule has 0 saturated heterocycles. The van der Waals surface area contributed by atoms with Crippen molar-refractivity contribution in [2.45, 2.75) is 17.3 Å². The molecule has 0 unspecified atom stereocenters. The van der Waals surface area contributed by atoms with Crippen LogP contribution in [0.3, 0.4) is 0 Å². The van der Waals surface area contributed by atoms with Crippen molar-refractivity contribution in [3.8, 4) is 16.9 Å². The Morgan fingerprint density at radius 3 is 2.54 bits per heavy atom. The van der Waals surface area contributed by atoms with Gasteiger partial charge in [-0.1, -0.05) is 30.3 Å². The molecule has 2 aromatic carbocycles. The molecule has 1 aliphatic rings. The number of rotatable bonds is 4. The molecule has 6 nitrogen and oxygen atoms in total. The van der Waals surface area contributed by atoms with Crippen molar-refractivity contribution in [1.82, 2.24) is 0 Å². The van der Waals surface area contributed by atoms with E-state index in [0.29, 0.717) is 11.3 Å². The lowest BCUT2D eigenvalue weighted by molar-refractivity contribution is 0.0690. The van der Waals surface area contributed by atoms with E-state index < -0.39 is 21.6 Å². The van der Waals surface area contributed by atoms with E-state index in [4.69, 9.17) is 9.15 Å². The third-order valence-corrected chi connectivity index (χ3v) is 5.97. The summed E-state index contributed by atoms with van der Waals surface area (Å²) >= 11 is 0. The smallest absolute Gasteiger partial charge is 0.339 e. The van der Waals surface area contributed by atoms with Crippen LogP contribution in [0, 0.1) is 0 Å². The number of hydrogen-bond acceptors (Lipinski definition) is 5. The Balaban J connectivity index is 1.83. The maximum absolute atomic E-state index is 12.7. The first-order valence-corrected chi connectivity index (χ1v) is 9.49. The summed E-state index contributed by atoms with van der Waals surface area (Å²) in [7, 11) is -3.68. The zero-order valence-electron chi connectivity index (χ0n) is 13.5. The number of fused-ring (bicyclic) bond motifs is 3. The number of benzene rings is 2. The second-order valence-electron chi connectivity index (χ2n) is 5.90. The molecule has 1 aromatic heterocycles. The van der Waals surface area contributed by atoms with Gasteiger partial charge in [0.05, 0.1) is 16.9 Å². The van der Waals surface area contributed by atoms with Crippen LogP contribution in [0.25, 0.3) is 11.1 Å². The lowest BCUT2D eigenvalue weighted by Gasteiger charge is -2.20. The Hall–Kier alpha value is -3.06. The van der Waals surface area contributed by atoms with Crippen LogP contribution >= 0.6 is 0 Å². The van der Waals surface area contributed by atoms with Gasteiger partial charge >= 0.3 is 5.97 Å². The molecule has 2 heterocycles. The zero-order valence-corrected chi connectivity index (χ0v) is 14.3. The summed E-state index contributed by atoms with van der Waals surface area (Å²) in [5.41, 5.74) is 1.39. The number of hydrogen-bond donors (Lipinski definition) is 1. The van der Waals surface area contributed by atoms with Crippen molar-refractivity contribution in [1.29, 1.82) is 0 Å². The van der Waals surface area contributed by atoms with E-state index in [1.165, 1.54) is 24.5 Å². The van der Waals surface area contributed by atoms with Gasteiger partial charge in [0.25, 0.3) is 0 Å². The van der Waals surface area contributed by atoms with Crippen molar-refractivity contribution >= 4 is 15.8 Å². The molecule has 4 rings (SSSR count). The first kappa shape index (κ1) is 16.4. The van der Waals surface area contributed by atoms with Crippen LogP contribution in [0.1, 0.15) is 21.7 Å². The minimum atomic E-state index is -3.68. The van der Waals surface area contributed by atoms with Gasteiger partial charge in [0.1, 0.15) is 23.7 Å². The monoisotopic (exact) mass is 370 g/mol. The molecule has 132 valence electrons. The summed E-state index contributed by atoms with van der Waals surface area (Å²) in [6.07, 6.45) is 1.51. The standard InChI is InChI=1S/C19H14O6S/c20-19(21)17-12(11-26(22,23)13-4-2-1-3-5-13)6-7-15-14-8-9-24-16(14)10-25-18(15)17/h1-9H,10-11H2,(H,20,21). The van der Waals surface area contributed by atoms with Gasteiger partial charge in [-0.3, -0.25) is 0 Å². The van der Waals surface area contributed by atoms with Crippen molar-refractivity contribution in [2.75, 3.05) is 0 Å². The third-order valence-electron chi connectivity index (χ3n) is 4.29. The SMILES string of the molecule is O=C(O)c1c(CS(=O)(=O)c2ccccc2)ccc2c1OCc1occc1-2. The molecule has 1 N–H and O–H groups in total. The molecule has 0 spiro atoms. The first-order chi connectivity index (χ1) is 12.5. The van der Waals surface area contributed by atoms with Gasteiger partial charge in [0, 0.05) is 11.1 Å². The minimum Gasteiger partial charge on any atom is -0.484 e. The van der Waals surface area contributed by atoms with Gasteiger partial charge in [-0.25, -0.2) is 13.2 Å². The summed E-state index contributed by atoms with van der Waals surface area (Å²) in [6.45, 7) is 0.102. The lowest BCUT2D eigenvalue weighted by atomic mass is 9.96. The predicted octanol–water partition coefficient (Wildman–Crippen LogP) is 3.51. The van der Waals surface area contributed by atoms with E-state index in [1.807, 2.05) is 0 Å². The molecular formula is C19H14O6S. The third kappa shape index (κ3) is 2.66. The van der Waals surface area contributed by atoms with E-state index in [0.717, 1.165) is 5.56 Å². The molecule has 0 radical (unpaired) electrons. The van der Waals surface area contributed by atoms with Crippen molar-refractivity contribution in [3.63, 3.8) is 0 Å². The van der Waals surface area contributed by atoms with Crippen LogP contribution in [0.15, 0.2) is 64.1 Å². The Morgan fingerprint density at radius 1 is 1.04 bits per heavy atom. The fraction of sp³-hybridized carbons (Fsp3) is 0.105. The molecule has 26 heavy (non-hydrogen) atoms. The highest BCUT2D eigenvalue weighted by molar-refractivity contribution is 7.90. The van der Waals surface area contributed by atoms with E-state index in [-0.39, 0.29) is 28.4 Å². The van der Waals surface area contributed by atoms with Crippen molar-refractivity contribution < 1.29 is 27.5 Å². The summed E-state index contributed by atoms with van der Waals surface area (Å²) in [4.78, 5) is 12.0. The molecule has 0 saturated carbocycles. The first-order valence-electron chi connectivity index (χ1n) is 7.84. The average molecular weight is 370 g/mol. The van der Waals surface area contributed by atoms with E-state index in [2.05, 4.69) is 0 Å². The van der Waals surface area contributed by atoms with E-state index >= 15 is 0 Å².